The van der Waals surface area contributed by atoms with Crippen LogP contribution in [0.2, 0.25) is 0 Å². The van der Waals surface area contributed by atoms with E-state index in [1.54, 1.807) is 0 Å². The first-order valence-electron chi connectivity index (χ1n) is 6.40. The van der Waals surface area contributed by atoms with Crippen molar-refractivity contribution >= 4 is 5.91 Å². The maximum absolute atomic E-state index is 11.5. The summed E-state index contributed by atoms with van der Waals surface area (Å²) in [6, 6.07) is 0.0298. The number of nitrogens with zero attached hydrogens (tertiary/aromatic N) is 1. The monoisotopic (exact) mass is 226 g/mol. The third-order valence-electron chi connectivity index (χ3n) is 3.51. The van der Waals surface area contributed by atoms with Crippen molar-refractivity contribution in [3.8, 4) is 0 Å². The van der Waals surface area contributed by atoms with Crippen molar-refractivity contribution < 1.29 is 9.53 Å². The van der Waals surface area contributed by atoms with Crippen LogP contribution >= 0.6 is 0 Å². The number of ether oxygens (including phenoxy) is 1. The third kappa shape index (κ3) is 3.19. The van der Waals surface area contributed by atoms with Crippen LogP contribution in [0, 0.1) is 0 Å². The van der Waals surface area contributed by atoms with Crippen LogP contribution in [0.5, 0.6) is 0 Å². The minimum Gasteiger partial charge on any atom is -0.376 e. The number of likely N-dealkylation sites (tertiary alicyclic amines) is 1. The molecule has 0 spiro atoms. The number of nitrogens with two attached hydrogens (primary N) is 1. The molecule has 1 aliphatic carbocycles. The van der Waals surface area contributed by atoms with Crippen LogP contribution in [0.25, 0.3) is 0 Å². The summed E-state index contributed by atoms with van der Waals surface area (Å²) in [5.74, 6) is 0.180. The highest BCUT2D eigenvalue weighted by atomic mass is 16.5. The minimum atomic E-state index is 0.0298. The first-order chi connectivity index (χ1) is 7.75. The van der Waals surface area contributed by atoms with E-state index in [0.29, 0.717) is 32.2 Å². The topological polar surface area (TPSA) is 55.6 Å². The molecule has 1 saturated carbocycles. The van der Waals surface area contributed by atoms with Crippen LogP contribution in [-0.4, -0.2) is 42.6 Å². The molecule has 0 bridgehead atoms. The van der Waals surface area contributed by atoms with Gasteiger partial charge in [0.2, 0.25) is 5.91 Å². The largest absolute Gasteiger partial charge is 0.376 e. The fourth-order valence-electron chi connectivity index (χ4n) is 2.58. The van der Waals surface area contributed by atoms with Gasteiger partial charge in [0, 0.05) is 25.6 Å². The van der Waals surface area contributed by atoms with E-state index in [2.05, 4.69) is 0 Å². The number of amides is 1. The Kier molecular flexibility index (Phi) is 4.18. The summed E-state index contributed by atoms with van der Waals surface area (Å²) in [4.78, 5) is 13.3. The SMILES string of the molecule is NC1CC(=O)N(CCOC2CCCCC2)C1. The molecular weight excluding hydrogens is 204 g/mol. The van der Waals surface area contributed by atoms with Crippen LogP contribution in [-0.2, 0) is 9.53 Å². The van der Waals surface area contributed by atoms with Gasteiger partial charge < -0.3 is 15.4 Å². The lowest BCUT2D eigenvalue weighted by Crippen LogP contribution is -2.32. The summed E-state index contributed by atoms with van der Waals surface area (Å²) >= 11 is 0. The van der Waals surface area contributed by atoms with E-state index in [4.69, 9.17) is 10.5 Å². The molecule has 92 valence electrons. The molecule has 0 radical (unpaired) electrons. The summed E-state index contributed by atoms with van der Waals surface area (Å²) in [6.07, 6.45) is 7.24. The number of hydrogen-bond donors (Lipinski definition) is 1. The minimum absolute atomic E-state index is 0.0298. The average molecular weight is 226 g/mol. The van der Waals surface area contributed by atoms with Crippen molar-refractivity contribution in [3.63, 3.8) is 0 Å². The van der Waals surface area contributed by atoms with Crippen molar-refractivity contribution in [2.75, 3.05) is 19.7 Å². The van der Waals surface area contributed by atoms with Gasteiger partial charge in [-0.2, -0.15) is 0 Å². The number of carbonyl (C=O) groups is 1. The third-order valence-corrected chi connectivity index (χ3v) is 3.51. The van der Waals surface area contributed by atoms with Crippen LogP contribution in [0.4, 0.5) is 0 Å². The molecule has 16 heavy (non-hydrogen) atoms. The van der Waals surface area contributed by atoms with E-state index in [1.165, 1.54) is 32.1 Å². The van der Waals surface area contributed by atoms with Gasteiger partial charge in [0.15, 0.2) is 0 Å². The predicted octanol–water partition coefficient (Wildman–Crippen LogP) is 0.895. The van der Waals surface area contributed by atoms with Crippen molar-refractivity contribution in [3.05, 3.63) is 0 Å². The fourth-order valence-corrected chi connectivity index (χ4v) is 2.58. The summed E-state index contributed by atoms with van der Waals surface area (Å²) in [6.45, 7) is 2.08. The molecule has 0 aromatic rings. The standard InChI is InChI=1S/C12H22N2O2/c13-10-8-12(15)14(9-10)6-7-16-11-4-2-1-3-5-11/h10-11H,1-9,13H2. The summed E-state index contributed by atoms with van der Waals surface area (Å²) < 4.78 is 5.79. The molecule has 1 amide bonds. The Morgan fingerprint density at radius 2 is 2.06 bits per heavy atom. The molecule has 2 fully saturated rings. The normalized spacial score (nSPS) is 27.7. The molecule has 2 rings (SSSR count). The molecule has 0 aromatic heterocycles. The maximum Gasteiger partial charge on any atom is 0.224 e. The molecule has 2 aliphatic rings. The quantitative estimate of drug-likeness (QED) is 0.774. The van der Waals surface area contributed by atoms with E-state index >= 15 is 0 Å². The summed E-state index contributed by atoms with van der Waals surface area (Å²) in [5.41, 5.74) is 5.73. The molecule has 0 aromatic carbocycles. The average Bonchev–Trinajstić information content (AvgIpc) is 2.59. The molecule has 1 saturated heterocycles. The van der Waals surface area contributed by atoms with Crippen LogP contribution in [0.15, 0.2) is 0 Å². The molecule has 1 heterocycles. The van der Waals surface area contributed by atoms with Gasteiger partial charge in [-0.05, 0) is 12.8 Å². The van der Waals surface area contributed by atoms with Gasteiger partial charge in [0.05, 0.1) is 12.7 Å². The second-order valence-corrected chi connectivity index (χ2v) is 4.93. The Morgan fingerprint density at radius 1 is 1.31 bits per heavy atom. The van der Waals surface area contributed by atoms with Gasteiger partial charge in [0.25, 0.3) is 0 Å². The van der Waals surface area contributed by atoms with Crippen molar-refractivity contribution in [1.82, 2.24) is 4.90 Å². The van der Waals surface area contributed by atoms with Crippen LogP contribution < -0.4 is 5.73 Å². The van der Waals surface area contributed by atoms with E-state index in [-0.39, 0.29) is 11.9 Å². The molecule has 1 aliphatic heterocycles. The highest BCUT2D eigenvalue weighted by molar-refractivity contribution is 5.79. The fraction of sp³-hybridized carbons (Fsp3) is 0.917. The van der Waals surface area contributed by atoms with E-state index in [9.17, 15) is 4.79 Å². The number of hydrogen-bond acceptors (Lipinski definition) is 3. The van der Waals surface area contributed by atoms with Gasteiger partial charge in [0.1, 0.15) is 0 Å². The van der Waals surface area contributed by atoms with Crippen molar-refractivity contribution in [1.29, 1.82) is 0 Å². The van der Waals surface area contributed by atoms with Crippen LogP contribution in [0.1, 0.15) is 38.5 Å². The van der Waals surface area contributed by atoms with E-state index in [0.717, 1.165) is 0 Å². The van der Waals surface area contributed by atoms with E-state index in [1.807, 2.05) is 4.90 Å². The van der Waals surface area contributed by atoms with Gasteiger partial charge in [-0.1, -0.05) is 19.3 Å². The zero-order valence-electron chi connectivity index (χ0n) is 9.86. The van der Waals surface area contributed by atoms with Gasteiger partial charge in [-0.3, -0.25) is 4.79 Å². The first kappa shape index (κ1) is 11.9. The first-order valence-corrected chi connectivity index (χ1v) is 6.40. The maximum atomic E-state index is 11.5. The second-order valence-electron chi connectivity index (χ2n) is 4.93. The second kappa shape index (κ2) is 5.64. The Balaban J connectivity index is 1.62. The summed E-state index contributed by atoms with van der Waals surface area (Å²) in [7, 11) is 0. The highest BCUT2D eigenvalue weighted by Crippen LogP contribution is 2.20. The number of rotatable bonds is 4. The highest BCUT2D eigenvalue weighted by Gasteiger charge is 2.26. The molecular formula is C12H22N2O2. The molecule has 1 atom stereocenters. The van der Waals surface area contributed by atoms with Crippen LogP contribution in [0.3, 0.4) is 0 Å². The zero-order valence-corrected chi connectivity index (χ0v) is 9.86. The Labute approximate surface area is 97.1 Å². The molecule has 4 nitrogen and oxygen atoms in total. The smallest absolute Gasteiger partial charge is 0.224 e. The zero-order chi connectivity index (χ0) is 11.4. The van der Waals surface area contributed by atoms with Crippen molar-refractivity contribution in [2.24, 2.45) is 5.73 Å². The molecule has 1 unspecified atom stereocenters. The Hall–Kier alpha value is -0.610. The van der Waals surface area contributed by atoms with Gasteiger partial charge in [-0.25, -0.2) is 0 Å². The van der Waals surface area contributed by atoms with Crippen molar-refractivity contribution in [2.45, 2.75) is 50.7 Å². The Morgan fingerprint density at radius 3 is 2.69 bits per heavy atom. The summed E-state index contributed by atoms with van der Waals surface area (Å²) in [5, 5.41) is 0. The lowest BCUT2D eigenvalue weighted by atomic mass is 9.98. The lowest BCUT2D eigenvalue weighted by molar-refractivity contribution is -0.128. The molecule has 2 N–H and O–H groups in total. The van der Waals surface area contributed by atoms with E-state index < -0.39 is 0 Å². The predicted molar refractivity (Wildman–Crippen MR) is 62.0 cm³/mol. The van der Waals surface area contributed by atoms with Gasteiger partial charge in [-0.15, -0.1) is 0 Å². The Bertz CT molecular complexity index is 239. The van der Waals surface area contributed by atoms with Gasteiger partial charge >= 0.3 is 0 Å². The molecule has 4 heteroatoms. The lowest BCUT2D eigenvalue weighted by Gasteiger charge is -2.23. The number of carbonyl (C=O) groups excluding carboxylic acids is 1.